The highest BCUT2D eigenvalue weighted by molar-refractivity contribution is 7.71. The number of ether oxygens (including phenoxy) is 2. The molecule has 2 saturated heterocycles. The van der Waals surface area contributed by atoms with Gasteiger partial charge in [-0.05, 0) is 12.1 Å². The van der Waals surface area contributed by atoms with Crippen LogP contribution in [-0.4, -0.2) is 104 Å². The molecule has 4 unspecified atom stereocenters. The Bertz CT molecular complexity index is 1540. The average molecular weight is 707 g/mol. The molecule has 252 valence electrons. The largest absolute Gasteiger partial charge is 0.480 e. The predicted octanol–water partition coefficient (Wildman–Crippen LogP) is -4.16. The Labute approximate surface area is 250 Å². The molecule has 2 aliphatic heterocycles. The Morgan fingerprint density at radius 3 is 1.60 bits per heavy atom. The van der Waals surface area contributed by atoms with Gasteiger partial charge in [0.15, 0.2) is 12.5 Å². The van der Waals surface area contributed by atoms with Crippen LogP contribution in [0.15, 0.2) is 34.1 Å². The highest BCUT2D eigenvalue weighted by Crippen LogP contribution is 2.62. The molecule has 2 fully saturated rings. The number of phosphoric ester groups is 1. The van der Waals surface area contributed by atoms with Gasteiger partial charge in [-0.15, -0.1) is 4.86 Å². The number of anilines is 2. The number of aliphatic hydroxyl groups excluding tert-OH is 4. The lowest BCUT2D eigenvalue weighted by molar-refractivity contribution is -0.0540. The molecule has 0 spiro atoms. The minimum Gasteiger partial charge on any atom is -0.387 e. The zero-order chi connectivity index (χ0) is 33.5. The topological polar surface area (TPSA) is 373 Å². The van der Waals surface area contributed by atoms with Crippen molar-refractivity contribution in [2.75, 3.05) is 24.7 Å². The van der Waals surface area contributed by atoms with Crippen molar-refractivity contribution >= 4 is 35.0 Å². The van der Waals surface area contributed by atoms with E-state index in [2.05, 4.69) is 23.3 Å². The first-order chi connectivity index (χ1) is 20.8. The molecule has 45 heavy (non-hydrogen) atoms. The molecular formula is C18H28N7O17P3. The Balaban J connectivity index is 1.31. The number of nitrogens with one attached hydrogen (secondary N) is 1. The number of nitrogen functional groups attached to an aromatic ring is 2. The second-order valence-corrected chi connectivity index (χ2v) is 14.4. The van der Waals surface area contributed by atoms with Gasteiger partial charge in [0.25, 0.3) is 0 Å². The van der Waals surface area contributed by atoms with E-state index in [0.29, 0.717) is 0 Å². The van der Waals surface area contributed by atoms with E-state index in [9.17, 15) is 58.4 Å². The lowest BCUT2D eigenvalue weighted by Crippen LogP contribution is -2.36. The molecule has 0 bridgehead atoms. The standard InChI is InChI=1S/C18H28N7O17P3/c19-9-1-3-24(17(30)21-9)15-13(28)11(26)7(40-15)5-38-43(32,33)23-44(34,35)42-45(36,37)39-6-8-12(27)14(29)16(41-8)25-4-2-10(20)22-18(25)31/h1-4,7-8,11-16,26-29H,5-6H2,(H,36,37)(H2,19,21,30)(H2,20,22,31)(H3,23,32,33,34,35)/t7?,8-,11+,12-,13+,14-,15-,16+/m1/s1. The highest BCUT2D eigenvalue weighted by Gasteiger charge is 2.48. The van der Waals surface area contributed by atoms with E-state index >= 15 is 0 Å². The Hall–Kier alpha value is -2.47. The zero-order valence-corrected chi connectivity index (χ0v) is 25.0. The van der Waals surface area contributed by atoms with E-state index in [0.717, 1.165) is 26.4 Å². The lowest BCUT2D eigenvalue weighted by atomic mass is 10.1. The van der Waals surface area contributed by atoms with Crippen LogP contribution in [0, 0.1) is 0 Å². The molecule has 11 atom stereocenters. The second kappa shape index (κ2) is 13.3. The van der Waals surface area contributed by atoms with E-state index in [4.69, 9.17) is 20.9 Å². The molecule has 0 radical (unpaired) electrons. The first-order valence-corrected chi connectivity index (χ1v) is 16.9. The summed E-state index contributed by atoms with van der Waals surface area (Å²) in [7, 11) is -16.7. The Morgan fingerprint density at radius 1 is 0.756 bits per heavy atom. The van der Waals surface area contributed by atoms with Gasteiger partial charge in [-0.25, -0.2) is 23.3 Å². The van der Waals surface area contributed by atoms with Crippen molar-refractivity contribution in [2.45, 2.75) is 49.1 Å². The summed E-state index contributed by atoms with van der Waals surface area (Å²) in [6.45, 7) is -2.10. The molecule has 0 amide bonds. The number of rotatable bonds is 12. The van der Waals surface area contributed by atoms with Crippen LogP contribution in [0.2, 0.25) is 0 Å². The zero-order valence-electron chi connectivity index (χ0n) is 22.3. The van der Waals surface area contributed by atoms with Gasteiger partial charge < -0.3 is 56.0 Å². The molecule has 12 N–H and O–H groups in total. The molecule has 0 saturated carbocycles. The predicted molar refractivity (Wildman–Crippen MR) is 143 cm³/mol. The SMILES string of the molecule is Nc1ccn([C@@H]2OC(COP(=O)(O)NP(=O)(O)OP(=O)(O)OC[C@H]3O[C@H](n4ccc(N)nc4=O)[C@H](O)[C@@H]3O)[C@H](O)[C@@H]2O)c(=O)n1. The number of nitrogens with zero attached hydrogens (tertiary/aromatic N) is 4. The van der Waals surface area contributed by atoms with Crippen LogP contribution >= 0.6 is 23.3 Å². The van der Waals surface area contributed by atoms with Gasteiger partial charge in [0.05, 0.1) is 13.2 Å². The van der Waals surface area contributed by atoms with E-state index < -0.39 is 97.0 Å². The number of aliphatic hydroxyl groups is 4. The maximum atomic E-state index is 12.4. The highest BCUT2D eigenvalue weighted by atomic mass is 31.3. The summed E-state index contributed by atoms with van der Waals surface area (Å²) < 4.78 is 62.2. The molecule has 27 heteroatoms. The summed E-state index contributed by atoms with van der Waals surface area (Å²) >= 11 is 0. The first kappa shape index (κ1) is 35.4. The second-order valence-electron chi connectivity index (χ2n) is 9.46. The third kappa shape index (κ3) is 8.47. The molecular weight excluding hydrogens is 679 g/mol. The summed E-state index contributed by atoms with van der Waals surface area (Å²) in [5.74, 6) is -0.295. The van der Waals surface area contributed by atoms with Crippen LogP contribution < -0.4 is 27.7 Å². The number of aromatic nitrogens is 4. The Kier molecular flexibility index (Phi) is 10.5. The first-order valence-electron chi connectivity index (χ1n) is 12.3. The minimum atomic E-state index is -5.72. The van der Waals surface area contributed by atoms with Crippen molar-refractivity contribution in [1.82, 2.24) is 24.0 Å². The molecule has 2 aromatic heterocycles. The van der Waals surface area contributed by atoms with Crippen molar-refractivity contribution in [1.29, 1.82) is 0 Å². The normalized spacial score (nSPS) is 32.5. The van der Waals surface area contributed by atoms with Crippen molar-refractivity contribution in [3.05, 3.63) is 45.5 Å². The van der Waals surface area contributed by atoms with Crippen LogP contribution in [0.4, 0.5) is 11.6 Å². The van der Waals surface area contributed by atoms with Crippen molar-refractivity contribution in [3.8, 4) is 0 Å². The monoisotopic (exact) mass is 707 g/mol. The van der Waals surface area contributed by atoms with Gasteiger partial charge in [0.1, 0.15) is 48.3 Å². The van der Waals surface area contributed by atoms with Crippen LogP contribution in [0.25, 0.3) is 0 Å². The number of nitrogens with two attached hydrogens (primary N) is 2. The summed E-state index contributed by atoms with van der Waals surface area (Å²) in [6.07, 6.45) is -11.2. The average Bonchev–Trinajstić information content (AvgIpc) is 3.35. The summed E-state index contributed by atoms with van der Waals surface area (Å²) in [4.78, 5) is 61.7. The molecule has 2 aromatic rings. The quantitative estimate of drug-likeness (QED) is 0.0935. The fourth-order valence-electron chi connectivity index (χ4n) is 4.14. The van der Waals surface area contributed by atoms with Gasteiger partial charge in [0.2, 0.25) is 0 Å². The fourth-order valence-corrected chi connectivity index (χ4v) is 8.12. The Morgan fingerprint density at radius 2 is 1.18 bits per heavy atom. The van der Waals surface area contributed by atoms with Gasteiger partial charge >= 0.3 is 34.7 Å². The van der Waals surface area contributed by atoms with E-state index in [1.54, 1.807) is 0 Å². The fraction of sp³-hybridized carbons (Fsp3) is 0.556. The maximum Gasteiger partial charge on any atom is 0.480 e. The van der Waals surface area contributed by atoms with Crippen molar-refractivity contribution in [2.24, 2.45) is 0 Å². The van der Waals surface area contributed by atoms with Crippen LogP contribution in [0.3, 0.4) is 0 Å². The van der Waals surface area contributed by atoms with Gasteiger partial charge in [0, 0.05) is 12.4 Å². The third-order valence-corrected chi connectivity index (χ3v) is 10.9. The number of hydrogen-bond acceptors (Lipinski definition) is 18. The van der Waals surface area contributed by atoms with Crippen LogP contribution in [-0.2, 0) is 36.5 Å². The smallest absolute Gasteiger partial charge is 0.387 e. The van der Waals surface area contributed by atoms with E-state index in [1.165, 1.54) is 12.1 Å². The van der Waals surface area contributed by atoms with Gasteiger partial charge in [-0.2, -0.15) is 14.3 Å². The van der Waals surface area contributed by atoms with Crippen molar-refractivity contribution < 1.29 is 71.6 Å². The van der Waals surface area contributed by atoms with Crippen LogP contribution in [0.5, 0.6) is 0 Å². The van der Waals surface area contributed by atoms with Crippen LogP contribution in [0.1, 0.15) is 12.5 Å². The molecule has 24 nitrogen and oxygen atoms in total. The maximum absolute atomic E-state index is 12.4. The summed E-state index contributed by atoms with van der Waals surface area (Å²) in [6, 6.07) is 2.37. The molecule has 4 rings (SSSR count). The van der Waals surface area contributed by atoms with Crippen molar-refractivity contribution in [3.63, 3.8) is 0 Å². The van der Waals surface area contributed by atoms with Gasteiger partial charge in [-0.3, -0.25) is 18.2 Å². The van der Waals surface area contributed by atoms with Gasteiger partial charge in [-0.1, -0.05) is 0 Å². The number of phosphoric acid groups is 1. The summed E-state index contributed by atoms with van der Waals surface area (Å²) in [5.41, 5.74) is 8.85. The van der Waals surface area contributed by atoms with E-state index in [-0.39, 0.29) is 11.6 Å². The van der Waals surface area contributed by atoms with E-state index in [1.807, 2.05) is 0 Å². The summed E-state index contributed by atoms with van der Waals surface area (Å²) in [5, 5.41) is 40.9. The molecule has 4 heterocycles. The number of hydrogen-bond donors (Lipinski definition) is 10. The molecule has 0 aliphatic carbocycles. The molecule has 0 aromatic carbocycles. The lowest BCUT2D eigenvalue weighted by Gasteiger charge is -2.22. The third-order valence-electron chi connectivity index (χ3n) is 6.21. The minimum absolute atomic E-state index is 0.146. The molecule has 2 aliphatic rings.